The number of rotatable bonds is 12. The minimum absolute atomic E-state index is 0.225. The zero-order valence-corrected chi connectivity index (χ0v) is 22.5. The van der Waals surface area contributed by atoms with Crippen molar-refractivity contribution in [1.82, 2.24) is 0 Å². The maximum absolute atomic E-state index is 13.5. The second kappa shape index (κ2) is 14.4. The minimum Gasteiger partial charge on any atom is -0.492 e. The van der Waals surface area contributed by atoms with E-state index in [0.29, 0.717) is 18.9 Å². The number of halogens is 1. The normalized spacial score (nSPS) is 18.3. The lowest BCUT2D eigenvalue weighted by Crippen LogP contribution is -2.50. The summed E-state index contributed by atoms with van der Waals surface area (Å²) in [6.45, 7) is 1.18. The molecule has 210 valence electrons. The van der Waals surface area contributed by atoms with Gasteiger partial charge >= 0.3 is 0 Å². The number of hydrogen-bond donors (Lipinski definition) is 1. The first-order chi connectivity index (χ1) is 20.2. The summed E-state index contributed by atoms with van der Waals surface area (Å²) in [5, 5.41) is 2.82. The Balaban J connectivity index is 1.38. The number of carbonyl (C=O) groups excluding carboxylic acids is 1. The molecule has 1 N–H and O–H groups in total. The third-order valence-corrected chi connectivity index (χ3v) is 6.66. The molecule has 6 nitrogen and oxygen atoms in total. The summed E-state index contributed by atoms with van der Waals surface area (Å²) < 4.78 is 38.4. The lowest BCUT2D eigenvalue weighted by Gasteiger charge is -2.37. The Morgan fingerprint density at radius 3 is 1.83 bits per heavy atom. The molecule has 0 spiro atoms. The molecule has 0 fully saturated rings. The van der Waals surface area contributed by atoms with Crippen LogP contribution >= 0.6 is 0 Å². The van der Waals surface area contributed by atoms with E-state index in [2.05, 4.69) is 5.32 Å². The zero-order chi connectivity index (χ0) is 28.3. The quantitative estimate of drug-likeness (QED) is 0.219. The molecule has 7 heteroatoms. The van der Waals surface area contributed by atoms with E-state index in [1.165, 1.54) is 30.5 Å². The van der Waals surface area contributed by atoms with Crippen LogP contribution in [-0.4, -0.2) is 30.8 Å². The van der Waals surface area contributed by atoms with Crippen LogP contribution in [0.2, 0.25) is 0 Å². The molecule has 0 radical (unpaired) electrons. The summed E-state index contributed by atoms with van der Waals surface area (Å²) in [6.07, 6.45) is -0.536. The second-order valence-corrected chi connectivity index (χ2v) is 9.69. The number of benzene rings is 4. The number of hydrogen-bond acceptors (Lipinski definition) is 5. The van der Waals surface area contributed by atoms with E-state index in [1.807, 2.05) is 91.0 Å². The molecule has 1 aliphatic heterocycles. The smallest absolute Gasteiger partial charge is 0.257 e. The largest absolute Gasteiger partial charge is 0.492 e. The van der Waals surface area contributed by atoms with Crippen LogP contribution in [0.25, 0.3) is 0 Å². The van der Waals surface area contributed by atoms with Crippen molar-refractivity contribution in [3.63, 3.8) is 0 Å². The number of anilines is 1. The first kappa shape index (κ1) is 28.2. The predicted octanol–water partition coefficient (Wildman–Crippen LogP) is 6.43. The highest BCUT2D eigenvalue weighted by Gasteiger charge is 2.41. The van der Waals surface area contributed by atoms with Gasteiger partial charge in [0.05, 0.1) is 38.3 Å². The summed E-state index contributed by atoms with van der Waals surface area (Å²) in [4.78, 5) is 13.5. The Labute approximate surface area is 239 Å². The first-order valence-corrected chi connectivity index (χ1v) is 13.5. The molecule has 1 heterocycles. The third kappa shape index (κ3) is 8.11. The maximum Gasteiger partial charge on any atom is 0.257 e. The van der Waals surface area contributed by atoms with E-state index in [1.54, 1.807) is 0 Å². The molecule has 1 amide bonds. The molecular weight excluding hydrogens is 521 g/mol. The predicted molar refractivity (Wildman–Crippen MR) is 154 cm³/mol. The van der Waals surface area contributed by atoms with E-state index in [9.17, 15) is 9.18 Å². The van der Waals surface area contributed by atoms with E-state index in [4.69, 9.17) is 18.9 Å². The van der Waals surface area contributed by atoms with Crippen LogP contribution < -0.4 is 5.32 Å². The molecule has 41 heavy (non-hydrogen) atoms. The first-order valence-electron chi connectivity index (χ1n) is 13.5. The van der Waals surface area contributed by atoms with Crippen LogP contribution in [0.5, 0.6) is 0 Å². The van der Waals surface area contributed by atoms with E-state index < -0.39 is 24.2 Å². The van der Waals surface area contributed by atoms with Crippen LogP contribution in [0, 0.1) is 5.82 Å². The summed E-state index contributed by atoms with van der Waals surface area (Å²) in [5.74, 6) is -0.813. The SMILES string of the molecule is O=C(Nc1ccc(F)cc1)C1=CO[C@H](COCc2ccccc2)[C@@H](OCc2ccccc2)[C@@H]1OCc1ccccc1. The fraction of sp³-hybridized carbons (Fsp3) is 0.206. The van der Waals surface area contributed by atoms with E-state index in [-0.39, 0.29) is 24.6 Å². The van der Waals surface area contributed by atoms with Crippen LogP contribution in [0.3, 0.4) is 0 Å². The summed E-state index contributed by atoms with van der Waals surface area (Å²) in [6, 6.07) is 35.0. The molecule has 0 aromatic heterocycles. The zero-order valence-electron chi connectivity index (χ0n) is 22.5. The van der Waals surface area contributed by atoms with Crippen LogP contribution in [0.4, 0.5) is 10.1 Å². The summed E-state index contributed by atoms with van der Waals surface area (Å²) >= 11 is 0. The standard InChI is InChI=1S/C34H32FNO5/c35-28-16-18-29(19-17-28)36-34(37)30-23-39-31(24-38-20-25-10-4-1-5-11-25)33(41-22-27-14-8-3-9-15-27)32(30)40-21-26-12-6-2-7-13-26/h1-19,23,31-33H,20-22,24H2,(H,36,37)/t31-,32-,33-/m1/s1. The minimum atomic E-state index is -0.765. The van der Waals surface area contributed by atoms with Crippen molar-refractivity contribution < 1.29 is 28.1 Å². The van der Waals surface area contributed by atoms with Crippen LogP contribution in [-0.2, 0) is 43.6 Å². The highest BCUT2D eigenvalue weighted by Crippen LogP contribution is 2.28. The number of nitrogens with one attached hydrogen (secondary N) is 1. The van der Waals surface area contributed by atoms with Gasteiger partial charge in [-0.2, -0.15) is 0 Å². The summed E-state index contributed by atoms with van der Waals surface area (Å²) in [7, 11) is 0. The van der Waals surface area contributed by atoms with Gasteiger partial charge in [-0.15, -0.1) is 0 Å². The van der Waals surface area contributed by atoms with Crippen molar-refractivity contribution in [3.8, 4) is 0 Å². The van der Waals surface area contributed by atoms with E-state index >= 15 is 0 Å². The molecule has 3 atom stereocenters. The highest BCUT2D eigenvalue weighted by atomic mass is 19.1. The van der Waals surface area contributed by atoms with Gasteiger partial charge in [-0.05, 0) is 41.0 Å². The van der Waals surface area contributed by atoms with Crippen molar-refractivity contribution in [1.29, 1.82) is 0 Å². The molecular formula is C34H32FNO5. The number of ether oxygens (including phenoxy) is 4. The number of amides is 1. The Hall–Kier alpha value is -4.30. The van der Waals surface area contributed by atoms with Crippen molar-refractivity contribution in [2.24, 2.45) is 0 Å². The average molecular weight is 554 g/mol. The van der Waals surface area contributed by atoms with Gasteiger partial charge in [-0.1, -0.05) is 91.0 Å². The van der Waals surface area contributed by atoms with Gasteiger partial charge in [-0.25, -0.2) is 4.39 Å². The van der Waals surface area contributed by atoms with Crippen LogP contribution in [0.1, 0.15) is 16.7 Å². The monoisotopic (exact) mass is 553 g/mol. The van der Waals surface area contributed by atoms with Gasteiger partial charge < -0.3 is 24.3 Å². The fourth-order valence-corrected chi connectivity index (χ4v) is 4.50. The lowest BCUT2D eigenvalue weighted by molar-refractivity contribution is -0.155. The van der Waals surface area contributed by atoms with Gasteiger partial charge in [0.2, 0.25) is 0 Å². The fourth-order valence-electron chi connectivity index (χ4n) is 4.50. The molecule has 0 saturated heterocycles. The lowest BCUT2D eigenvalue weighted by atomic mass is 9.97. The number of carbonyl (C=O) groups is 1. The molecule has 4 aromatic carbocycles. The van der Waals surface area contributed by atoms with Gasteiger partial charge in [0.1, 0.15) is 24.1 Å². The van der Waals surface area contributed by atoms with Gasteiger partial charge in [0.15, 0.2) is 0 Å². The van der Waals surface area contributed by atoms with Crippen molar-refractivity contribution in [2.75, 3.05) is 11.9 Å². The molecule has 5 rings (SSSR count). The third-order valence-electron chi connectivity index (χ3n) is 6.66. The van der Waals surface area contributed by atoms with E-state index in [0.717, 1.165) is 16.7 Å². The van der Waals surface area contributed by atoms with Crippen LogP contribution in [0.15, 0.2) is 127 Å². The summed E-state index contributed by atoms with van der Waals surface area (Å²) in [5.41, 5.74) is 3.69. The van der Waals surface area contributed by atoms with Crippen molar-refractivity contribution in [2.45, 2.75) is 38.1 Å². The molecule has 4 aromatic rings. The van der Waals surface area contributed by atoms with Gasteiger partial charge in [0, 0.05) is 5.69 Å². The Kier molecular flexibility index (Phi) is 9.89. The second-order valence-electron chi connectivity index (χ2n) is 9.69. The molecule has 0 unspecified atom stereocenters. The topological polar surface area (TPSA) is 66.0 Å². The highest BCUT2D eigenvalue weighted by molar-refractivity contribution is 6.04. The molecule has 0 saturated carbocycles. The average Bonchev–Trinajstić information content (AvgIpc) is 3.02. The Bertz CT molecular complexity index is 1400. The Morgan fingerprint density at radius 1 is 0.707 bits per heavy atom. The molecule has 0 aliphatic carbocycles. The van der Waals surface area contributed by atoms with Gasteiger partial charge in [0.25, 0.3) is 5.91 Å². The maximum atomic E-state index is 13.5. The van der Waals surface area contributed by atoms with Gasteiger partial charge in [-0.3, -0.25) is 4.79 Å². The Morgan fingerprint density at radius 2 is 1.24 bits per heavy atom. The van der Waals surface area contributed by atoms with Crippen molar-refractivity contribution in [3.05, 3.63) is 150 Å². The molecule has 1 aliphatic rings. The molecule has 0 bridgehead atoms. The van der Waals surface area contributed by atoms with Crippen molar-refractivity contribution >= 4 is 11.6 Å².